The van der Waals surface area contributed by atoms with E-state index in [1.165, 1.54) is 0 Å². The SMILES string of the molecule is CCC(CC)(O[Si](C)(C)C)C(C)(C)OC1(CC)CCC2C(=O)CCCC21C. The van der Waals surface area contributed by atoms with Crippen molar-refractivity contribution in [1.82, 2.24) is 0 Å². The molecule has 0 bridgehead atoms. The number of rotatable bonds is 8. The van der Waals surface area contributed by atoms with E-state index in [0.717, 1.165) is 51.4 Å². The van der Waals surface area contributed by atoms with Crippen molar-refractivity contribution >= 4 is 14.1 Å². The maximum Gasteiger partial charge on any atom is 0.184 e. The van der Waals surface area contributed by atoms with Crippen LogP contribution in [0.15, 0.2) is 0 Å². The minimum absolute atomic E-state index is 0.0409. The van der Waals surface area contributed by atoms with E-state index in [9.17, 15) is 4.79 Å². The van der Waals surface area contributed by atoms with Crippen molar-refractivity contribution < 1.29 is 14.0 Å². The second-order valence-corrected chi connectivity index (χ2v) is 15.1. The molecule has 2 fully saturated rings. The van der Waals surface area contributed by atoms with Gasteiger partial charge in [-0.3, -0.25) is 4.79 Å². The number of carbonyl (C=O) groups excluding carboxylic acids is 1. The lowest BCUT2D eigenvalue weighted by atomic mass is 9.62. The topological polar surface area (TPSA) is 35.5 Å². The number of ketones is 1. The zero-order valence-corrected chi connectivity index (χ0v) is 20.5. The van der Waals surface area contributed by atoms with Gasteiger partial charge in [-0.2, -0.15) is 0 Å². The second kappa shape index (κ2) is 7.57. The smallest absolute Gasteiger partial charge is 0.184 e. The van der Waals surface area contributed by atoms with Gasteiger partial charge in [-0.05, 0) is 78.4 Å². The lowest BCUT2D eigenvalue weighted by Crippen LogP contribution is -2.62. The van der Waals surface area contributed by atoms with Crippen molar-refractivity contribution in [3.63, 3.8) is 0 Å². The summed E-state index contributed by atoms with van der Waals surface area (Å²) in [5.74, 6) is 0.647. The molecule has 0 aliphatic heterocycles. The molecule has 0 radical (unpaired) electrons. The Morgan fingerprint density at radius 1 is 1.11 bits per heavy atom. The summed E-state index contributed by atoms with van der Waals surface area (Å²) in [7, 11) is -1.73. The molecule has 2 saturated carbocycles. The molecule has 0 aromatic heterocycles. The molecule has 0 amide bonds. The van der Waals surface area contributed by atoms with Gasteiger partial charge in [0.25, 0.3) is 0 Å². The highest BCUT2D eigenvalue weighted by Crippen LogP contribution is 2.61. The Labute approximate surface area is 169 Å². The quantitative estimate of drug-likeness (QED) is 0.439. The number of carbonyl (C=O) groups is 1. The Balaban J connectivity index is 2.42. The Morgan fingerprint density at radius 2 is 1.70 bits per heavy atom. The van der Waals surface area contributed by atoms with Crippen LogP contribution in [-0.4, -0.2) is 30.9 Å². The normalized spacial score (nSPS) is 32.6. The third-order valence-corrected chi connectivity index (χ3v) is 8.92. The fraction of sp³-hybridized carbons (Fsp3) is 0.957. The minimum Gasteiger partial charge on any atom is -0.409 e. The van der Waals surface area contributed by atoms with E-state index in [0.29, 0.717) is 5.78 Å². The lowest BCUT2D eigenvalue weighted by molar-refractivity contribution is -0.253. The van der Waals surface area contributed by atoms with Crippen LogP contribution in [0.1, 0.15) is 92.9 Å². The molecule has 3 nitrogen and oxygen atoms in total. The summed E-state index contributed by atoms with van der Waals surface area (Å²) in [6.45, 7) is 20.3. The van der Waals surface area contributed by atoms with E-state index in [-0.39, 0.29) is 22.5 Å². The zero-order valence-electron chi connectivity index (χ0n) is 19.5. The average molecular weight is 397 g/mol. The summed E-state index contributed by atoms with van der Waals surface area (Å²) in [4.78, 5) is 12.7. The molecular formula is C23H44O3Si. The van der Waals surface area contributed by atoms with Crippen molar-refractivity contribution in [2.24, 2.45) is 11.3 Å². The molecule has 3 unspecified atom stereocenters. The van der Waals surface area contributed by atoms with E-state index in [1.54, 1.807) is 0 Å². The maximum atomic E-state index is 12.7. The Hall–Kier alpha value is -0.193. The maximum absolute atomic E-state index is 12.7. The van der Waals surface area contributed by atoms with Crippen LogP contribution in [0, 0.1) is 11.3 Å². The summed E-state index contributed by atoms with van der Waals surface area (Å²) in [6.07, 6.45) is 7.71. The number of hydrogen-bond donors (Lipinski definition) is 0. The first-order valence-corrected chi connectivity index (χ1v) is 14.7. The first-order chi connectivity index (χ1) is 12.3. The molecule has 2 rings (SSSR count). The molecule has 27 heavy (non-hydrogen) atoms. The van der Waals surface area contributed by atoms with Gasteiger partial charge in [0.15, 0.2) is 8.32 Å². The van der Waals surface area contributed by atoms with E-state index < -0.39 is 13.9 Å². The van der Waals surface area contributed by atoms with Crippen LogP contribution in [0.2, 0.25) is 19.6 Å². The van der Waals surface area contributed by atoms with Crippen molar-refractivity contribution in [2.45, 2.75) is 129 Å². The molecule has 0 heterocycles. The van der Waals surface area contributed by atoms with Crippen molar-refractivity contribution in [2.75, 3.05) is 0 Å². The van der Waals surface area contributed by atoms with Crippen molar-refractivity contribution in [3.05, 3.63) is 0 Å². The molecule has 0 aromatic carbocycles. The molecule has 0 spiro atoms. The van der Waals surface area contributed by atoms with Crippen molar-refractivity contribution in [1.29, 1.82) is 0 Å². The lowest BCUT2D eigenvalue weighted by Gasteiger charge is -2.56. The third-order valence-electron chi connectivity index (χ3n) is 7.92. The molecule has 158 valence electrons. The molecule has 0 aromatic rings. The molecule has 4 heteroatoms. The van der Waals surface area contributed by atoms with Gasteiger partial charge in [0.1, 0.15) is 5.78 Å². The predicted octanol–water partition coefficient (Wildman–Crippen LogP) is 6.51. The summed E-state index contributed by atoms with van der Waals surface area (Å²) in [5, 5.41) is 0. The van der Waals surface area contributed by atoms with E-state index in [4.69, 9.17) is 9.16 Å². The zero-order chi connectivity index (χ0) is 20.7. The number of hydrogen-bond acceptors (Lipinski definition) is 3. The minimum atomic E-state index is -1.73. The van der Waals surface area contributed by atoms with Gasteiger partial charge in [0, 0.05) is 17.8 Å². The Kier molecular flexibility index (Phi) is 6.47. The summed E-state index contributed by atoms with van der Waals surface area (Å²) in [5.41, 5.74) is -0.950. The van der Waals surface area contributed by atoms with Gasteiger partial charge >= 0.3 is 0 Å². The second-order valence-electron chi connectivity index (χ2n) is 10.7. The molecule has 2 aliphatic carbocycles. The van der Waals surface area contributed by atoms with Gasteiger partial charge < -0.3 is 9.16 Å². The van der Waals surface area contributed by atoms with Gasteiger partial charge in [-0.1, -0.05) is 27.7 Å². The molecular weight excluding hydrogens is 352 g/mol. The van der Waals surface area contributed by atoms with E-state index in [2.05, 4.69) is 61.2 Å². The van der Waals surface area contributed by atoms with Crippen LogP contribution >= 0.6 is 0 Å². The van der Waals surface area contributed by atoms with Crippen LogP contribution in [0.5, 0.6) is 0 Å². The first kappa shape index (κ1) is 23.1. The highest BCUT2D eigenvalue weighted by atomic mass is 28.4. The molecule has 2 aliphatic rings. The van der Waals surface area contributed by atoms with Gasteiger partial charge in [-0.15, -0.1) is 0 Å². The Bertz CT molecular complexity index is 546. The monoisotopic (exact) mass is 396 g/mol. The van der Waals surface area contributed by atoms with Crippen LogP contribution < -0.4 is 0 Å². The van der Waals surface area contributed by atoms with Crippen LogP contribution in [0.4, 0.5) is 0 Å². The van der Waals surface area contributed by atoms with Crippen LogP contribution in [0.25, 0.3) is 0 Å². The fourth-order valence-corrected chi connectivity index (χ4v) is 8.08. The summed E-state index contributed by atoms with van der Waals surface area (Å²) < 4.78 is 14.0. The highest BCUT2D eigenvalue weighted by Gasteiger charge is 2.63. The molecule has 0 N–H and O–H groups in total. The molecule has 3 atom stereocenters. The van der Waals surface area contributed by atoms with Gasteiger partial charge in [0.2, 0.25) is 0 Å². The number of Topliss-reactive ketones (excluding diaryl/α,β-unsaturated/α-hetero) is 1. The number of ether oxygens (including phenoxy) is 1. The fourth-order valence-electron chi connectivity index (χ4n) is 6.38. The Morgan fingerprint density at radius 3 is 2.19 bits per heavy atom. The van der Waals surface area contributed by atoms with Crippen LogP contribution in [0.3, 0.4) is 0 Å². The van der Waals surface area contributed by atoms with Gasteiger partial charge in [0.05, 0.1) is 16.8 Å². The van der Waals surface area contributed by atoms with Gasteiger partial charge in [-0.25, -0.2) is 0 Å². The first-order valence-electron chi connectivity index (χ1n) is 11.2. The molecule has 0 saturated heterocycles. The number of fused-ring (bicyclic) bond motifs is 1. The third kappa shape index (κ3) is 3.83. The average Bonchev–Trinajstić information content (AvgIpc) is 2.85. The largest absolute Gasteiger partial charge is 0.409 e. The van der Waals surface area contributed by atoms with E-state index in [1.807, 2.05) is 0 Å². The summed E-state index contributed by atoms with van der Waals surface area (Å²) in [6, 6.07) is 0. The van der Waals surface area contributed by atoms with E-state index >= 15 is 0 Å². The standard InChI is InChI=1S/C23H44O3Si/c1-10-22(11-2,26-27(7,8)9)20(4,5)25-23(12-3)17-15-18-19(24)14-13-16-21(18,23)6/h18H,10-17H2,1-9H3. The summed E-state index contributed by atoms with van der Waals surface area (Å²) >= 11 is 0. The van der Waals surface area contributed by atoms with Crippen LogP contribution in [-0.2, 0) is 14.0 Å². The predicted molar refractivity (Wildman–Crippen MR) is 116 cm³/mol. The highest BCUT2D eigenvalue weighted by molar-refractivity contribution is 6.69. The van der Waals surface area contributed by atoms with Crippen molar-refractivity contribution in [3.8, 4) is 0 Å².